The summed E-state index contributed by atoms with van der Waals surface area (Å²) in [6.07, 6.45) is 1.08. The lowest BCUT2D eigenvalue weighted by Crippen LogP contribution is -2.24. The minimum Gasteiger partial charge on any atom is -0.497 e. The maximum absolute atomic E-state index is 10.0. The fourth-order valence-electron chi connectivity index (χ4n) is 2.92. The van der Waals surface area contributed by atoms with Gasteiger partial charge in [0.2, 0.25) is 11.8 Å². The molecule has 1 aromatic carbocycles. The number of hydrogen-bond acceptors (Lipinski definition) is 6. The van der Waals surface area contributed by atoms with Crippen LogP contribution in [0.1, 0.15) is 36.7 Å². The van der Waals surface area contributed by atoms with Gasteiger partial charge in [0.25, 0.3) is 0 Å². The third-order valence-electron chi connectivity index (χ3n) is 4.01. The van der Waals surface area contributed by atoms with E-state index < -0.39 is 0 Å². The number of ether oxygens (including phenoxy) is 1. The molecule has 0 saturated carbocycles. The van der Waals surface area contributed by atoms with Crippen molar-refractivity contribution in [2.24, 2.45) is 0 Å². The van der Waals surface area contributed by atoms with E-state index in [1.807, 2.05) is 25.1 Å². The van der Waals surface area contributed by atoms with Gasteiger partial charge >= 0.3 is 0 Å². The number of benzene rings is 1. The molecule has 0 radical (unpaired) electrons. The van der Waals surface area contributed by atoms with Crippen molar-refractivity contribution in [3.63, 3.8) is 0 Å². The van der Waals surface area contributed by atoms with Gasteiger partial charge in [-0.1, -0.05) is 19.1 Å². The van der Waals surface area contributed by atoms with E-state index in [1.165, 1.54) is 0 Å². The number of aryl methyl sites for hydroxylation is 1. The smallest absolute Gasteiger partial charge is 0.230 e. The van der Waals surface area contributed by atoms with E-state index >= 15 is 0 Å². The standard InChI is InChI=1S/C16H21N3O3/c1-3-15-17-18-16(22-15)10-19-9-12(20)8-14(19)11-5-4-6-13(7-11)21-2/h4-7,12,14,20H,3,8-10H2,1-2H3/t12-,14+/m1/s1. The first-order valence-electron chi connectivity index (χ1n) is 7.57. The highest BCUT2D eigenvalue weighted by molar-refractivity contribution is 5.31. The number of nitrogens with zero attached hydrogens (tertiary/aromatic N) is 3. The maximum Gasteiger partial charge on any atom is 0.230 e. The third kappa shape index (κ3) is 3.13. The van der Waals surface area contributed by atoms with Crippen LogP contribution in [0, 0.1) is 0 Å². The van der Waals surface area contributed by atoms with Crippen molar-refractivity contribution in [3.8, 4) is 5.75 Å². The summed E-state index contributed by atoms with van der Waals surface area (Å²) in [6, 6.07) is 8.09. The molecular formula is C16H21N3O3. The van der Waals surface area contributed by atoms with Crippen molar-refractivity contribution in [2.75, 3.05) is 13.7 Å². The molecule has 2 aromatic rings. The highest BCUT2D eigenvalue weighted by Gasteiger charge is 2.33. The molecule has 0 spiro atoms. The average Bonchev–Trinajstić information content (AvgIpc) is 3.14. The van der Waals surface area contributed by atoms with E-state index in [2.05, 4.69) is 21.2 Å². The topological polar surface area (TPSA) is 71.6 Å². The van der Waals surface area contributed by atoms with Crippen LogP contribution < -0.4 is 4.74 Å². The Morgan fingerprint density at radius 3 is 2.91 bits per heavy atom. The molecule has 0 unspecified atom stereocenters. The molecular weight excluding hydrogens is 282 g/mol. The fraction of sp³-hybridized carbons (Fsp3) is 0.500. The van der Waals surface area contributed by atoms with Crippen LogP contribution >= 0.6 is 0 Å². The molecule has 1 aromatic heterocycles. The number of β-amino-alcohol motifs (C(OH)–C–C–N with tert-alkyl or cyclic N) is 1. The normalized spacial score (nSPS) is 22.1. The summed E-state index contributed by atoms with van der Waals surface area (Å²) in [6.45, 7) is 3.13. The molecule has 2 heterocycles. The Morgan fingerprint density at radius 2 is 2.18 bits per heavy atom. The van der Waals surface area contributed by atoms with Gasteiger partial charge in [0, 0.05) is 19.0 Å². The van der Waals surface area contributed by atoms with Crippen LogP contribution in [0.2, 0.25) is 0 Å². The van der Waals surface area contributed by atoms with Gasteiger partial charge in [0.05, 0.1) is 19.8 Å². The molecule has 22 heavy (non-hydrogen) atoms. The van der Waals surface area contributed by atoms with E-state index in [0.29, 0.717) is 31.3 Å². The Balaban J connectivity index is 1.79. The van der Waals surface area contributed by atoms with E-state index in [-0.39, 0.29) is 12.1 Å². The van der Waals surface area contributed by atoms with E-state index in [4.69, 9.17) is 9.15 Å². The minimum atomic E-state index is -0.343. The summed E-state index contributed by atoms with van der Waals surface area (Å²) in [7, 11) is 1.66. The Labute approximate surface area is 129 Å². The van der Waals surface area contributed by atoms with Crippen molar-refractivity contribution >= 4 is 0 Å². The molecule has 1 fully saturated rings. The monoisotopic (exact) mass is 303 g/mol. The van der Waals surface area contributed by atoms with Crippen LogP contribution in [0.5, 0.6) is 5.75 Å². The van der Waals surface area contributed by atoms with Gasteiger partial charge < -0.3 is 14.3 Å². The molecule has 1 aliphatic rings. The quantitative estimate of drug-likeness (QED) is 0.910. The highest BCUT2D eigenvalue weighted by Crippen LogP contribution is 2.34. The summed E-state index contributed by atoms with van der Waals surface area (Å²) >= 11 is 0. The Bertz CT molecular complexity index is 629. The highest BCUT2D eigenvalue weighted by atomic mass is 16.5. The molecule has 0 aliphatic carbocycles. The fourth-order valence-corrected chi connectivity index (χ4v) is 2.92. The maximum atomic E-state index is 10.0. The number of rotatable bonds is 5. The zero-order valence-corrected chi connectivity index (χ0v) is 12.9. The first kappa shape index (κ1) is 15.0. The first-order valence-corrected chi connectivity index (χ1v) is 7.57. The van der Waals surface area contributed by atoms with Gasteiger partial charge in [-0.25, -0.2) is 0 Å². The molecule has 1 saturated heterocycles. The summed E-state index contributed by atoms with van der Waals surface area (Å²) in [4.78, 5) is 2.17. The third-order valence-corrected chi connectivity index (χ3v) is 4.01. The van der Waals surface area contributed by atoms with Crippen LogP contribution in [0.4, 0.5) is 0 Å². The van der Waals surface area contributed by atoms with Gasteiger partial charge in [0.1, 0.15) is 5.75 Å². The molecule has 0 bridgehead atoms. The number of methoxy groups -OCH3 is 1. The van der Waals surface area contributed by atoms with Gasteiger partial charge in [-0.05, 0) is 24.1 Å². The Kier molecular flexibility index (Phi) is 4.40. The number of aliphatic hydroxyl groups excluding tert-OH is 1. The van der Waals surface area contributed by atoms with E-state index in [9.17, 15) is 5.11 Å². The predicted molar refractivity (Wildman–Crippen MR) is 80.4 cm³/mol. The number of aromatic nitrogens is 2. The van der Waals surface area contributed by atoms with E-state index in [1.54, 1.807) is 7.11 Å². The Hall–Kier alpha value is -1.92. The lowest BCUT2D eigenvalue weighted by molar-refractivity contribution is 0.167. The van der Waals surface area contributed by atoms with Crippen molar-refractivity contribution < 1.29 is 14.3 Å². The largest absolute Gasteiger partial charge is 0.497 e. The molecule has 1 N–H and O–H groups in total. The van der Waals surface area contributed by atoms with Gasteiger partial charge in [-0.2, -0.15) is 0 Å². The second-order valence-corrected chi connectivity index (χ2v) is 5.55. The molecule has 3 rings (SSSR count). The SMILES string of the molecule is CCc1nnc(CN2C[C@H](O)C[C@H]2c2cccc(OC)c2)o1. The summed E-state index contributed by atoms with van der Waals surface area (Å²) in [5.41, 5.74) is 1.13. The van der Waals surface area contributed by atoms with Crippen molar-refractivity contribution in [1.82, 2.24) is 15.1 Å². The van der Waals surface area contributed by atoms with Crippen molar-refractivity contribution in [1.29, 1.82) is 0 Å². The molecule has 2 atom stereocenters. The van der Waals surface area contributed by atoms with Gasteiger partial charge in [-0.15, -0.1) is 10.2 Å². The van der Waals surface area contributed by atoms with Crippen molar-refractivity contribution in [2.45, 2.75) is 38.5 Å². The molecule has 1 aliphatic heterocycles. The van der Waals surface area contributed by atoms with Crippen LogP contribution in [-0.2, 0) is 13.0 Å². The van der Waals surface area contributed by atoms with Crippen LogP contribution in [0.3, 0.4) is 0 Å². The second-order valence-electron chi connectivity index (χ2n) is 5.55. The minimum absolute atomic E-state index is 0.127. The first-order chi connectivity index (χ1) is 10.7. The molecule has 6 nitrogen and oxygen atoms in total. The van der Waals surface area contributed by atoms with Crippen LogP contribution in [0.15, 0.2) is 28.7 Å². The average molecular weight is 303 g/mol. The summed E-state index contributed by atoms with van der Waals surface area (Å²) in [5.74, 6) is 2.07. The van der Waals surface area contributed by atoms with E-state index in [0.717, 1.165) is 17.7 Å². The molecule has 6 heteroatoms. The number of likely N-dealkylation sites (tertiary alicyclic amines) is 1. The zero-order chi connectivity index (χ0) is 15.5. The molecule has 118 valence electrons. The lowest BCUT2D eigenvalue weighted by Gasteiger charge is -2.23. The number of aliphatic hydroxyl groups is 1. The summed E-state index contributed by atoms with van der Waals surface area (Å²) < 4.78 is 10.9. The number of hydrogen-bond donors (Lipinski definition) is 1. The van der Waals surface area contributed by atoms with Crippen LogP contribution in [-0.4, -0.2) is 40.0 Å². The second kappa shape index (κ2) is 6.46. The van der Waals surface area contributed by atoms with Gasteiger partial charge in [-0.3, -0.25) is 4.90 Å². The summed E-state index contributed by atoms with van der Waals surface area (Å²) in [5, 5.41) is 18.1. The Morgan fingerprint density at radius 1 is 1.36 bits per heavy atom. The zero-order valence-electron chi connectivity index (χ0n) is 12.9. The molecule has 0 amide bonds. The van der Waals surface area contributed by atoms with Crippen molar-refractivity contribution in [3.05, 3.63) is 41.6 Å². The van der Waals surface area contributed by atoms with Gasteiger partial charge in [0.15, 0.2) is 0 Å². The lowest BCUT2D eigenvalue weighted by atomic mass is 10.0. The van der Waals surface area contributed by atoms with Crippen LogP contribution in [0.25, 0.3) is 0 Å². The predicted octanol–water partition coefficient (Wildman–Crippen LogP) is 1.95.